The van der Waals surface area contributed by atoms with Gasteiger partial charge in [0.1, 0.15) is 30.5 Å². The lowest BCUT2D eigenvalue weighted by molar-refractivity contribution is -0.118. The summed E-state index contributed by atoms with van der Waals surface area (Å²) in [5.41, 5.74) is 6.73. The summed E-state index contributed by atoms with van der Waals surface area (Å²) < 4.78 is 27.6. The lowest BCUT2D eigenvalue weighted by Crippen LogP contribution is -2.24. The third-order valence-electron chi connectivity index (χ3n) is 10.9. The van der Waals surface area contributed by atoms with Crippen LogP contribution in [0.2, 0.25) is 0 Å². The van der Waals surface area contributed by atoms with Crippen molar-refractivity contribution in [2.45, 2.75) is 38.5 Å². The van der Waals surface area contributed by atoms with Gasteiger partial charge in [-0.2, -0.15) is 9.97 Å². The molecule has 14 nitrogen and oxygen atoms in total. The van der Waals surface area contributed by atoms with Crippen molar-refractivity contribution in [2.24, 2.45) is 11.8 Å². The maximum atomic E-state index is 12.9. The first-order valence-corrected chi connectivity index (χ1v) is 21.7. The smallest absolute Gasteiger partial charge is 0.251 e. The number of anilines is 2. The lowest BCUT2D eigenvalue weighted by atomic mass is 10.1. The molecule has 3 N–H and O–H groups in total. The van der Waals surface area contributed by atoms with E-state index in [-0.39, 0.29) is 35.4 Å². The number of ether oxygens (including phenoxy) is 2. The molecule has 0 radical (unpaired) electrons. The van der Waals surface area contributed by atoms with Crippen molar-refractivity contribution >= 4 is 40.9 Å². The van der Waals surface area contributed by atoms with E-state index >= 15 is 0 Å². The van der Waals surface area contributed by atoms with Crippen LogP contribution in [-0.2, 0) is 16.0 Å². The maximum Gasteiger partial charge on any atom is 0.251 e. The number of amides is 3. The minimum atomic E-state index is -0.297. The van der Waals surface area contributed by atoms with Crippen LogP contribution in [0, 0.1) is 17.7 Å². The number of fused-ring (bicyclic) bond motifs is 2. The molecule has 328 valence electrons. The SMILES string of the molecule is O=C(NCCCc1ccccc1)c1ccc(-c2cccc3nc(NC(=O)C4CC4)nn23)cc1.O=C(Nc1nc2cccc(-c3ccc(OCCOc4ccc(F)cc4)cc3)n2n1)C1CC1. The van der Waals surface area contributed by atoms with E-state index < -0.39 is 0 Å². The standard InChI is InChI=1S/C26H25N5O2.C24H21FN4O3/c32-24(27-17-5-8-18-6-2-1-3-7-18)20-13-11-19(12-14-20)22-9-4-10-23-28-26(30-31(22)23)29-25(33)21-15-16-21;25-18-8-12-20(13-9-18)32-15-14-31-19-10-6-16(7-11-19)21-2-1-3-22-26-24(28-29(21)22)27-23(30)17-4-5-17/h1-4,6-7,9-14,21H,5,8,15-17H2,(H,27,32)(H,29,30,33);1-3,6-13,17H,4-5,14-15H2,(H,27,28,30). The van der Waals surface area contributed by atoms with Crippen LogP contribution in [0.3, 0.4) is 0 Å². The Balaban J connectivity index is 0.000000164. The number of hydrogen-bond donors (Lipinski definition) is 3. The third-order valence-corrected chi connectivity index (χ3v) is 10.9. The van der Waals surface area contributed by atoms with Crippen molar-refractivity contribution in [1.82, 2.24) is 34.5 Å². The molecule has 0 unspecified atom stereocenters. The zero-order chi connectivity index (χ0) is 44.5. The molecule has 2 aliphatic rings. The van der Waals surface area contributed by atoms with Gasteiger partial charge in [0.15, 0.2) is 11.3 Å². The molecule has 3 amide bonds. The Morgan fingerprint density at radius 1 is 0.585 bits per heavy atom. The van der Waals surface area contributed by atoms with Crippen LogP contribution in [-0.4, -0.2) is 66.7 Å². The normalized spacial score (nSPS) is 13.1. The molecule has 4 aromatic heterocycles. The number of nitrogens with one attached hydrogen (secondary N) is 3. The summed E-state index contributed by atoms with van der Waals surface area (Å²) in [4.78, 5) is 45.4. The zero-order valence-electron chi connectivity index (χ0n) is 35.4. The number of aromatic nitrogens is 6. The number of hydrogen-bond acceptors (Lipinski definition) is 9. The van der Waals surface area contributed by atoms with E-state index in [0.29, 0.717) is 60.0 Å². The minimum Gasteiger partial charge on any atom is -0.490 e. The van der Waals surface area contributed by atoms with Gasteiger partial charge < -0.3 is 14.8 Å². The van der Waals surface area contributed by atoms with Gasteiger partial charge in [-0.25, -0.2) is 13.4 Å². The predicted molar refractivity (Wildman–Crippen MR) is 244 cm³/mol. The molecule has 0 saturated heterocycles. The van der Waals surface area contributed by atoms with Crippen molar-refractivity contribution in [3.05, 3.63) is 156 Å². The Bertz CT molecular complexity index is 2910. The van der Waals surface area contributed by atoms with Gasteiger partial charge in [0.25, 0.3) is 5.91 Å². The Hall–Kier alpha value is -7.94. The molecular formula is C50H46FN9O5. The fourth-order valence-electron chi connectivity index (χ4n) is 7.07. The molecule has 8 aromatic rings. The van der Waals surface area contributed by atoms with Crippen molar-refractivity contribution in [2.75, 3.05) is 30.4 Å². The molecule has 2 aliphatic carbocycles. The quantitative estimate of drug-likeness (QED) is 0.0808. The second kappa shape index (κ2) is 19.6. The van der Waals surface area contributed by atoms with Gasteiger partial charge in [0.2, 0.25) is 23.7 Å². The molecule has 0 spiro atoms. The number of carbonyl (C=O) groups excluding carboxylic acids is 3. The van der Waals surface area contributed by atoms with E-state index in [2.05, 4.69) is 48.2 Å². The average Bonchev–Trinajstić information content (AvgIpc) is 4.28. The van der Waals surface area contributed by atoms with Gasteiger partial charge in [-0.15, -0.1) is 10.2 Å². The summed E-state index contributed by atoms with van der Waals surface area (Å²) in [5.74, 6) is 1.69. The summed E-state index contributed by atoms with van der Waals surface area (Å²) >= 11 is 0. The van der Waals surface area contributed by atoms with Gasteiger partial charge >= 0.3 is 0 Å². The van der Waals surface area contributed by atoms with E-state index in [1.807, 2.05) is 103 Å². The summed E-state index contributed by atoms with van der Waals surface area (Å²) in [6, 6.07) is 42.6. The first-order valence-electron chi connectivity index (χ1n) is 21.7. The van der Waals surface area contributed by atoms with Crippen molar-refractivity contribution in [1.29, 1.82) is 0 Å². The van der Waals surface area contributed by atoms with Gasteiger partial charge in [-0.3, -0.25) is 25.0 Å². The van der Waals surface area contributed by atoms with Crippen molar-refractivity contribution in [3.8, 4) is 34.0 Å². The summed E-state index contributed by atoms with van der Waals surface area (Å²) in [7, 11) is 0. The molecule has 65 heavy (non-hydrogen) atoms. The van der Waals surface area contributed by atoms with Crippen LogP contribution in [0.1, 0.15) is 48.0 Å². The number of nitrogens with zero attached hydrogens (tertiary/aromatic N) is 6. The van der Waals surface area contributed by atoms with E-state index in [1.54, 1.807) is 21.2 Å². The highest BCUT2D eigenvalue weighted by atomic mass is 19.1. The second-order valence-corrected chi connectivity index (χ2v) is 15.9. The van der Waals surface area contributed by atoms with E-state index in [9.17, 15) is 18.8 Å². The summed E-state index contributed by atoms with van der Waals surface area (Å²) in [5, 5.41) is 17.5. The van der Waals surface area contributed by atoms with Crippen LogP contribution in [0.4, 0.5) is 16.3 Å². The topological polar surface area (TPSA) is 166 Å². The van der Waals surface area contributed by atoms with Gasteiger partial charge in [-0.05, 0) is 129 Å². The highest BCUT2D eigenvalue weighted by Crippen LogP contribution is 2.31. The number of aryl methyl sites for hydroxylation is 1. The van der Waals surface area contributed by atoms with Crippen molar-refractivity contribution < 1.29 is 28.2 Å². The molecule has 0 atom stereocenters. The molecular weight excluding hydrogens is 826 g/mol. The predicted octanol–water partition coefficient (Wildman–Crippen LogP) is 8.45. The van der Waals surface area contributed by atoms with Crippen LogP contribution in [0.15, 0.2) is 140 Å². The van der Waals surface area contributed by atoms with E-state index in [4.69, 9.17) is 9.47 Å². The molecule has 2 saturated carbocycles. The number of carbonyl (C=O) groups is 3. The Kier molecular flexibility index (Phi) is 12.8. The highest BCUT2D eigenvalue weighted by Gasteiger charge is 2.31. The first kappa shape index (κ1) is 42.4. The third kappa shape index (κ3) is 11.0. The number of rotatable bonds is 16. The second-order valence-electron chi connectivity index (χ2n) is 15.9. The van der Waals surface area contributed by atoms with Crippen LogP contribution >= 0.6 is 0 Å². The van der Waals surface area contributed by atoms with Gasteiger partial charge in [-0.1, -0.05) is 54.6 Å². The molecule has 0 bridgehead atoms. The maximum absolute atomic E-state index is 12.9. The first-order chi connectivity index (χ1) is 31.8. The van der Waals surface area contributed by atoms with Crippen molar-refractivity contribution in [3.63, 3.8) is 0 Å². The fourth-order valence-corrected chi connectivity index (χ4v) is 7.07. The molecule has 0 aliphatic heterocycles. The van der Waals surface area contributed by atoms with Gasteiger partial charge in [0, 0.05) is 35.1 Å². The molecule has 2 fully saturated rings. The summed E-state index contributed by atoms with van der Waals surface area (Å²) in [6.45, 7) is 1.34. The molecule has 15 heteroatoms. The van der Waals surface area contributed by atoms with E-state index in [1.165, 1.54) is 17.7 Å². The molecule has 10 rings (SSSR count). The lowest BCUT2D eigenvalue weighted by Gasteiger charge is -2.09. The minimum absolute atomic E-state index is 0.0210. The fraction of sp³-hybridized carbons (Fsp3) is 0.220. The number of benzene rings is 4. The Morgan fingerprint density at radius 3 is 1.58 bits per heavy atom. The zero-order valence-corrected chi connectivity index (χ0v) is 35.4. The monoisotopic (exact) mass is 871 g/mol. The van der Waals surface area contributed by atoms with Crippen LogP contribution in [0.5, 0.6) is 11.5 Å². The van der Waals surface area contributed by atoms with Crippen LogP contribution in [0.25, 0.3) is 33.8 Å². The summed E-state index contributed by atoms with van der Waals surface area (Å²) in [6.07, 6.45) is 5.54. The largest absolute Gasteiger partial charge is 0.490 e. The number of halogens is 1. The Labute approximate surface area is 373 Å². The number of pyridine rings is 2. The van der Waals surface area contributed by atoms with Crippen LogP contribution < -0.4 is 25.4 Å². The average molecular weight is 872 g/mol. The Morgan fingerprint density at radius 2 is 1.08 bits per heavy atom. The van der Waals surface area contributed by atoms with Gasteiger partial charge in [0.05, 0.1) is 11.4 Å². The molecule has 4 heterocycles. The molecule has 4 aromatic carbocycles. The highest BCUT2D eigenvalue weighted by molar-refractivity contribution is 5.95. The van der Waals surface area contributed by atoms with E-state index in [0.717, 1.165) is 61.0 Å².